The molecule has 72 valence electrons. The zero-order valence-electron chi connectivity index (χ0n) is 6.80. The molecule has 2 nitrogen and oxygen atoms in total. The molecule has 0 spiro atoms. The van der Waals surface area contributed by atoms with Gasteiger partial charge in [0, 0.05) is 16.1 Å². The molecule has 1 heterocycles. The molecule has 2 rings (SSSR count). The van der Waals surface area contributed by atoms with Crippen molar-refractivity contribution in [2.45, 2.75) is 0 Å². The molecule has 0 unspecified atom stereocenters. The third kappa shape index (κ3) is 1.95. The molecule has 2 aromatic rings. The molecule has 0 bridgehead atoms. The molecule has 1 aromatic carbocycles. The molecule has 0 atom stereocenters. The Bertz CT molecular complexity index is 470. The molecule has 0 saturated heterocycles. The van der Waals surface area contributed by atoms with Crippen molar-refractivity contribution in [3.63, 3.8) is 0 Å². The Hall–Kier alpha value is -0.510. The highest BCUT2D eigenvalue weighted by molar-refractivity contribution is 9.10. The van der Waals surface area contributed by atoms with Crippen LogP contribution in [-0.2, 0) is 0 Å². The highest BCUT2D eigenvalue weighted by Gasteiger charge is 2.06. The Morgan fingerprint density at radius 2 is 2.00 bits per heavy atom. The molecule has 1 aromatic heterocycles. The Kier molecular flexibility index (Phi) is 2.81. The molecule has 0 amide bonds. The van der Waals surface area contributed by atoms with E-state index in [0.29, 0.717) is 10.7 Å². The number of nitrogens with zero attached hydrogens (tertiary/aromatic N) is 1. The number of benzene rings is 1. The standard InChI is InChI=1S/C9H4BrCl2NO/c10-6-3-5(1-2-7(6)11)8-4-9(12)14-13-8/h1-4H. The maximum Gasteiger partial charge on any atom is 0.226 e. The average molecular weight is 293 g/mol. The van der Waals surface area contributed by atoms with Gasteiger partial charge in [-0.1, -0.05) is 22.8 Å². The van der Waals surface area contributed by atoms with E-state index in [4.69, 9.17) is 27.7 Å². The minimum absolute atomic E-state index is 0.270. The molecular formula is C9H4BrCl2NO. The van der Waals surface area contributed by atoms with E-state index in [-0.39, 0.29) is 5.22 Å². The third-order valence-electron chi connectivity index (χ3n) is 1.70. The van der Waals surface area contributed by atoms with Gasteiger partial charge < -0.3 is 4.52 Å². The topological polar surface area (TPSA) is 26.0 Å². The van der Waals surface area contributed by atoms with Crippen LogP contribution in [0.2, 0.25) is 10.2 Å². The smallest absolute Gasteiger partial charge is 0.226 e. The number of aromatic nitrogens is 1. The summed E-state index contributed by atoms with van der Waals surface area (Å²) in [5.41, 5.74) is 1.59. The lowest BCUT2D eigenvalue weighted by atomic mass is 10.2. The molecular weight excluding hydrogens is 289 g/mol. The lowest BCUT2D eigenvalue weighted by Crippen LogP contribution is -1.77. The summed E-state index contributed by atoms with van der Waals surface area (Å²) in [5.74, 6) is 0. The highest BCUT2D eigenvalue weighted by atomic mass is 79.9. The van der Waals surface area contributed by atoms with Gasteiger partial charge in [0.25, 0.3) is 0 Å². The van der Waals surface area contributed by atoms with Gasteiger partial charge in [-0.15, -0.1) is 0 Å². The van der Waals surface area contributed by atoms with E-state index in [1.165, 1.54) is 0 Å². The van der Waals surface area contributed by atoms with Gasteiger partial charge in [-0.3, -0.25) is 0 Å². The summed E-state index contributed by atoms with van der Waals surface area (Å²) in [7, 11) is 0. The van der Waals surface area contributed by atoms with Gasteiger partial charge in [0.1, 0.15) is 5.69 Å². The number of hydrogen-bond donors (Lipinski definition) is 0. The molecule has 0 aliphatic carbocycles. The van der Waals surface area contributed by atoms with Crippen molar-refractivity contribution in [2.24, 2.45) is 0 Å². The van der Waals surface area contributed by atoms with E-state index in [2.05, 4.69) is 21.1 Å². The van der Waals surface area contributed by atoms with E-state index in [1.807, 2.05) is 12.1 Å². The SMILES string of the molecule is Clc1cc(-c2ccc(Cl)c(Br)c2)no1. The first kappa shape index (κ1) is 10.0. The van der Waals surface area contributed by atoms with Gasteiger partial charge in [-0.05, 0) is 39.7 Å². The maximum absolute atomic E-state index is 5.86. The van der Waals surface area contributed by atoms with E-state index in [9.17, 15) is 0 Å². The van der Waals surface area contributed by atoms with Crippen LogP contribution in [0, 0.1) is 0 Å². The molecule has 14 heavy (non-hydrogen) atoms. The van der Waals surface area contributed by atoms with Crippen LogP contribution in [0.5, 0.6) is 0 Å². The highest BCUT2D eigenvalue weighted by Crippen LogP contribution is 2.29. The molecule has 0 aliphatic heterocycles. The van der Waals surface area contributed by atoms with Crippen molar-refractivity contribution in [2.75, 3.05) is 0 Å². The normalized spacial score (nSPS) is 10.5. The lowest BCUT2D eigenvalue weighted by molar-refractivity contribution is 0.424. The van der Waals surface area contributed by atoms with Gasteiger partial charge >= 0.3 is 0 Å². The Morgan fingerprint density at radius 1 is 1.21 bits per heavy atom. The predicted molar refractivity (Wildman–Crippen MR) is 59.7 cm³/mol. The fourth-order valence-electron chi connectivity index (χ4n) is 1.04. The second-order valence-corrected chi connectivity index (χ2v) is 4.28. The van der Waals surface area contributed by atoms with Crippen LogP contribution in [-0.4, -0.2) is 5.16 Å². The maximum atomic E-state index is 5.86. The largest absolute Gasteiger partial charge is 0.344 e. The van der Waals surface area contributed by atoms with Crippen LogP contribution < -0.4 is 0 Å². The van der Waals surface area contributed by atoms with Crippen LogP contribution in [0.1, 0.15) is 0 Å². The summed E-state index contributed by atoms with van der Waals surface area (Å²) < 4.78 is 5.57. The monoisotopic (exact) mass is 291 g/mol. The van der Waals surface area contributed by atoms with Crippen LogP contribution in [0.15, 0.2) is 33.3 Å². The molecule has 0 radical (unpaired) electrons. The zero-order chi connectivity index (χ0) is 10.1. The van der Waals surface area contributed by atoms with E-state index < -0.39 is 0 Å². The van der Waals surface area contributed by atoms with Gasteiger partial charge in [0.05, 0.1) is 5.02 Å². The van der Waals surface area contributed by atoms with Crippen molar-refractivity contribution < 1.29 is 4.52 Å². The minimum atomic E-state index is 0.270. The summed E-state index contributed by atoms with van der Waals surface area (Å²) in [4.78, 5) is 0. The second kappa shape index (κ2) is 3.93. The van der Waals surface area contributed by atoms with Crippen molar-refractivity contribution in [3.05, 3.63) is 39.0 Å². The zero-order valence-corrected chi connectivity index (χ0v) is 9.90. The van der Waals surface area contributed by atoms with Crippen LogP contribution in [0.4, 0.5) is 0 Å². The fourth-order valence-corrected chi connectivity index (χ4v) is 1.68. The van der Waals surface area contributed by atoms with Gasteiger partial charge in [-0.2, -0.15) is 0 Å². The van der Waals surface area contributed by atoms with E-state index in [0.717, 1.165) is 10.0 Å². The molecule has 0 fully saturated rings. The summed E-state index contributed by atoms with van der Waals surface area (Å²) in [6, 6.07) is 7.14. The van der Waals surface area contributed by atoms with Crippen LogP contribution in [0.25, 0.3) is 11.3 Å². The Morgan fingerprint density at radius 3 is 2.57 bits per heavy atom. The van der Waals surface area contributed by atoms with Crippen molar-refractivity contribution in [1.29, 1.82) is 0 Å². The summed E-state index contributed by atoms with van der Waals surface area (Å²) >= 11 is 14.8. The Balaban J connectivity index is 2.47. The average Bonchev–Trinajstić information content (AvgIpc) is 2.57. The van der Waals surface area contributed by atoms with Gasteiger partial charge in [0.15, 0.2) is 0 Å². The number of halogens is 3. The molecule has 0 saturated carbocycles. The van der Waals surface area contributed by atoms with Gasteiger partial charge in [-0.25, -0.2) is 0 Å². The summed E-state index contributed by atoms with van der Waals surface area (Å²) in [6.07, 6.45) is 0. The first-order valence-electron chi connectivity index (χ1n) is 3.74. The van der Waals surface area contributed by atoms with Crippen molar-refractivity contribution in [3.8, 4) is 11.3 Å². The van der Waals surface area contributed by atoms with E-state index >= 15 is 0 Å². The quantitative estimate of drug-likeness (QED) is 0.778. The number of rotatable bonds is 1. The lowest BCUT2D eigenvalue weighted by Gasteiger charge is -1.98. The minimum Gasteiger partial charge on any atom is -0.344 e. The first-order valence-corrected chi connectivity index (χ1v) is 5.29. The van der Waals surface area contributed by atoms with Crippen LogP contribution in [0.3, 0.4) is 0 Å². The van der Waals surface area contributed by atoms with Crippen molar-refractivity contribution >= 4 is 39.1 Å². The Labute approximate surface area is 98.9 Å². The van der Waals surface area contributed by atoms with Gasteiger partial charge in [0.2, 0.25) is 5.22 Å². The predicted octanol–water partition coefficient (Wildman–Crippen LogP) is 4.41. The molecule has 0 aliphatic rings. The number of hydrogen-bond acceptors (Lipinski definition) is 2. The van der Waals surface area contributed by atoms with Crippen molar-refractivity contribution in [1.82, 2.24) is 5.16 Å². The van der Waals surface area contributed by atoms with Crippen LogP contribution >= 0.6 is 39.1 Å². The first-order chi connectivity index (χ1) is 6.66. The molecule has 0 N–H and O–H groups in total. The summed E-state index contributed by atoms with van der Waals surface area (Å²) in [6.45, 7) is 0. The fraction of sp³-hybridized carbons (Fsp3) is 0. The molecule has 5 heteroatoms. The second-order valence-electron chi connectivity index (χ2n) is 2.65. The van der Waals surface area contributed by atoms with E-state index in [1.54, 1.807) is 12.1 Å². The third-order valence-corrected chi connectivity index (χ3v) is 3.09. The summed E-state index contributed by atoms with van der Waals surface area (Å²) in [5, 5.41) is 4.71.